The first-order valence-corrected chi connectivity index (χ1v) is 9.73. The summed E-state index contributed by atoms with van der Waals surface area (Å²) in [6, 6.07) is 10.2. The van der Waals surface area contributed by atoms with Crippen molar-refractivity contribution < 1.29 is 18.8 Å². The normalized spacial score (nSPS) is 15.0. The second-order valence-corrected chi connectivity index (χ2v) is 7.07. The lowest BCUT2D eigenvalue weighted by Crippen LogP contribution is -3.14. The number of aromatic nitrogens is 1. The van der Waals surface area contributed by atoms with Crippen LogP contribution in [0.4, 0.5) is 4.39 Å². The van der Waals surface area contributed by atoms with Crippen LogP contribution in [0.2, 0.25) is 0 Å². The molecule has 1 fully saturated rings. The molecule has 1 amide bonds. The van der Waals surface area contributed by atoms with Crippen LogP contribution in [0.25, 0.3) is 0 Å². The van der Waals surface area contributed by atoms with Crippen molar-refractivity contribution in [3.05, 3.63) is 59.5 Å². The van der Waals surface area contributed by atoms with E-state index in [9.17, 15) is 9.18 Å². The fourth-order valence-electron chi connectivity index (χ4n) is 2.80. The summed E-state index contributed by atoms with van der Waals surface area (Å²) in [6.45, 7) is 5.01. The molecule has 0 unspecified atom stereocenters. The minimum Gasteiger partial charge on any atom is -0.370 e. The summed E-state index contributed by atoms with van der Waals surface area (Å²) in [5.41, 5.74) is 1.14. The zero-order chi connectivity index (χ0) is 18.2. The van der Waals surface area contributed by atoms with E-state index < -0.39 is 0 Å². The highest BCUT2D eigenvalue weighted by Crippen LogP contribution is 2.25. The lowest BCUT2D eigenvalue weighted by molar-refractivity contribution is -0.906. The Kier molecular flexibility index (Phi) is 6.99. The molecular formula is C19H23FN3O2S+. The van der Waals surface area contributed by atoms with Gasteiger partial charge in [0.25, 0.3) is 5.91 Å². The Morgan fingerprint density at radius 1 is 1.23 bits per heavy atom. The van der Waals surface area contributed by atoms with E-state index in [-0.39, 0.29) is 11.7 Å². The van der Waals surface area contributed by atoms with Crippen LogP contribution in [-0.2, 0) is 10.5 Å². The molecular weight excluding hydrogens is 353 g/mol. The van der Waals surface area contributed by atoms with Crippen LogP contribution in [0.5, 0.6) is 0 Å². The van der Waals surface area contributed by atoms with Crippen molar-refractivity contribution in [1.82, 2.24) is 10.3 Å². The van der Waals surface area contributed by atoms with Crippen molar-refractivity contribution in [3.63, 3.8) is 0 Å². The molecule has 5 nitrogen and oxygen atoms in total. The molecule has 1 saturated heterocycles. The molecule has 0 aliphatic carbocycles. The van der Waals surface area contributed by atoms with Crippen LogP contribution < -0.4 is 10.2 Å². The average Bonchev–Trinajstić information content (AvgIpc) is 2.68. The van der Waals surface area contributed by atoms with Crippen LogP contribution in [-0.4, -0.2) is 50.3 Å². The molecule has 1 aliphatic heterocycles. The molecule has 26 heavy (non-hydrogen) atoms. The monoisotopic (exact) mass is 376 g/mol. The Morgan fingerprint density at radius 3 is 2.85 bits per heavy atom. The summed E-state index contributed by atoms with van der Waals surface area (Å²) in [5, 5.41) is 3.59. The summed E-state index contributed by atoms with van der Waals surface area (Å²) < 4.78 is 19.1. The zero-order valence-electron chi connectivity index (χ0n) is 14.5. The van der Waals surface area contributed by atoms with Crippen molar-refractivity contribution in [2.75, 3.05) is 39.4 Å². The maximum atomic E-state index is 13.8. The number of amides is 1. The van der Waals surface area contributed by atoms with Gasteiger partial charge in [-0.05, 0) is 23.8 Å². The highest BCUT2D eigenvalue weighted by atomic mass is 32.2. The van der Waals surface area contributed by atoms with Gasteiger partial charge < -0.3 is 15.0 Å². The number of ether oxygens (including phenoxy) is 1. The highest BCUT2D eigenvalue weighted by Gasteiger charge is 2.16. The number of hydrogen-bond acceptors (Lipinski definition) is 4. The lowest BCUT2D eigenvalue weighted by Gasteiger charge is -2.23. The molecule has 1 aromatic carbocycles. The second-order valence-electron chi connectivity index (χ2n) is 6.10. The van der Waals surface area contributed by atoms with Crippen LogP contribution >= 0.6 is 11.8 Å². The van der Waals surface area contributed by atoms with Crippen molar-refractivity contribution in [3.8, 4) is 0 Å². The first kappa shape index (κ1) is 18.8. The first-order chi connectivity index (χ1) is 12.7. The first-order valence-electron chi connectivity index (χ1n) is 8.75. The van der Waals surface area contributed by atoms with Gasteiger partial charge in [0.15, 0.2) is 0 Å². The van der Waals surface area contributed by atoms with Gasteiger partial charge in [0.2, 0.25) is 0 Å². The Morgan fingerprint density at radius 2 is 2.04 bits per heavy atom. The van der Waals surface area contributed by atoms with Crippen molar-refractivity contribution in [2.24, 2.45) is 0 Å². The summed E-state index contributed by atoms with van der Waals surface area (Å²) >= 11 is 1.37. The van der Waals surface area contributed by atoms with Gasteiger partial charge in [0.1, 0.15) is 23.9 Å². The maximum Gasteiger partial charge on any atom is 0.254 e. The molecule has 138 valence electrons. The van der Waals surface area contributed by atoms with E-state index in [0.717, 1.165) is 32.8 Å². The van der Waals surface area contributed by atoms with E-state index in [1.54, 1.807) is 36.5 Å². The minimum atomic E-state index is -0.240. The number of nitrogens with one attached hydrogen (secondary N) is 2. The van der Waals surface area contributed by atoms with E-state index in [0.29, 0.717) is 28.5 Å². The molecule has 0 radical (unpaired) electrons. The third-order valence-corrected chi connectivity index (χ3v) is 5.36. The SMILES string of the molecule is O=C(NCC[NH+]1CCOCC1)c1cccnc1SCc1ccccc1F. The molecule has 2 aromatic rings. The number of benzene rings is 1. The number of halogens is 1. The molecule has 2 heterocycles. The molecule has 0 spiro atoms. The summed E-state index contributed by atoms with van der Waals surface area (Å²) in [5.74, 6) is 0.0549. The van der Waals surface area contributed by atoms with Crippen molar-refractivity contribution in [1.29, 1.82) is 0 Å². The number of quaternary nitrogens is 1. The van der Waals surface area contributed by atoms with E-state index in [1.165, 1.54) is 22.7 Å². The predicted octanol–water partition coefficient (Wildman–Crippen LogP) is 1.16. The minimum absolute atomic E-state index is 0.137. The van der Waals surface area contributed by atoms with Gasteiger partial charge in [-0.25, -0.2) is 9.37 Å². The average molecular weight is 376 g/mol. The van der Waals surface area contributed by atoms with Crippen LogP contribution in [0.15, 0.2) is 47.6 Å². The molecule has 1 aliphatic rings. The second kappa shape index (κ2) is 9.66. The number of nitrogens with zero attached hydrogens (tertiary/aromatic N) is 1. The smallest absolute Gasteiger partial charge is 0.254 e. The molecule has 7 heteroatoms. The van der Waals surface area contributed by atoms with Gasteiger partial charge >= 0.3 is 0 Å². The Labute approximate surface area is 156 Å². The van der Waals surface area contributed by atoms with Crippen molar-refractivity contribution >= 4 is 17.7 Å². The zero-order valence-corrected chi connectivity index (χ0v) is 15.4. The van der Waals surface area contributed by atoms with E-state index in [2.05, 4.69) is 10.3 Å². The molecule has 2 N–H and O–H groups in total. The molecule has 0 saturated carbocycles. The number of rotatable bonds is 7. The fourth-order valence-corrected chi connectivity index (χ4v) is 3.78. The Hall–Kier alpha value is -1.96. The van der Waals surface area contributed by atoms with Crippen LogP contribution in [0.1, 0.15) is 15.9 Å². The third kappa shape index (κ3) is 5.27. The number of pyridine rings is 1. The fraction of sp³-hybridized carbons (Fsp3) is 0.368. The third-order valence-electron chi connectivity index (χ3n) is 4.30. The van der Waals surface area contributed by atoms with Crippen molar-refractivity contribution in [2.45, 2.75) is 10.8 Å². The van der Waals surface area contributed by atoms with Crippen LogP contribution in [0, 0.1) is 5.82 Å². The van der Waals surface area contributed by atoms with Gasteiger partial charge in [-0.1, -0.05) is 18.2 Å². The highest BCUT2D eigenvalue weighted by molar-refractivity contribution is 7.98. The summed E-state index contributed by atoms with van der Waals surface area (Å²) in [4.78, 5) is 18.3. The molecule has 0 bridgehead atoms. The Bertz CT molecular complexity index is 738. The number of morpholine rings is 1. The quantitative estimate of drug-likeness (QED) is 0.712. The van der Waals surface area contributed by atoms with Gasteiger partial charge in [-0.2, -0.15) is 0 Å². The van der Waals surface area contributed by atoms with Gasteiger partial charge in [0, 0.05) is 11.9 Å². The van der Waals surface area contributed by atoms with Gasteiger partial charge in [-0.3, -0.25) is 4.79 Å². The van der Waals surface area contributed by atoms with E-state index in [1.807, 2.05) is 0 Å². The van der Waals surface area contributed by atoms with E-state index >= 15 is 0 Å². The largest absolute Gasteiger partial charge is 0.370 e. The lowest BCUT2D eigenvalue weighted by atomic mass is 10.2. The van der Waals surface area contributed by atoms with Gasteiger partial charge in [0.05, 0.1) is 31.9 Å². The number of carbonyl (C=O) groups excluding carboxylic acids is 1. The number of thioether (sulfide) groups is 1. The summed E-state index contributed by atoms with van der Waals surface area (Å²) in [6.07, 6.45) is 1.65. The molecule has 0 atom stereocenters. The topological polar surface area (TPSA) is 55.7 Å². The predicted molar refractivity (Wildman–Crippen MR) is 98.9 cm³/mol. The van der Waals surface area contributed by atoms with Crippen LogP contribution in [0.3, 0.4) is 0 Å². The maximum absolute atomic E-state index is 13.8. The summed E-state index contributed by atoms with van der Waals surface area (Å²) in [7, 11) is 0. The number of hydrogen-bond donors (Lipinski definition) is 2. The molecule has 3 rings (SSSR count). The van der Waals surface area contributed by atoms with Gasteiger partial charge in [-0.15, -0.1) is 11.8 Å². The Balaban J connectivity index is 1.55. The standard InChI is InChI=1S/C19H22FN3O2S/c20-17-6-2-1-4-15(17)14-26-19-16(5-3-7-22-19)18(24)21-8-9-23-10-12-25-13-11-23/h1-7H,8-14H2,(H,21,24)/p+1. The number of carbonyl (C=O) groups is 1. The molecule has 1 aromatic heterocycles. The van der Waals surface area contributed by atoms with E-state index in [4.69, 9.17) is 4.74 Å².